The SMILES string of the molecule is CCCON1C(C)(C)CC(C(C)C)CC1(C)C. The van der Waals surface area contributed by atoms with Crippen LogP contribution in [0.1, 0.15) is 67.7 Å². The monoisotopic (exact) mass is 241 g/mol. The molecule has 2 nitrogen and oxygen atoms in total. The molecule has 102 valence electrons. The fraction of sp³-hybridized carbons (Fsp3) is 1.00. The lowest BCUT2D eigenvalue weighted by atomic mass is 9.71. The van der Waals surface area contributed by atoms with E-state index in [1.165, 1.54) is 12.8 Å². The Balaban J connectivity index is 2.84. The molecule has 0 aliphatic carbocycles. The Morgan fingerprint density at radius 2 is 1.59 bits per heavy atom. The summed E-state index contributed by atoms with van der Waals surface area (Å²) in [6.45, 7) is 17.0. The highest BCUT2D eigenvalue weighted by Gasteiger charge is 2.46. The molecule has 0 spiro atoms. The summed E-state index contributed by atoms with van der Waals surface area (Å²) in [6.07, 6.45) is 3.55. The minimum atomic E-state index is 0.145. The molecule has 2 heteroatoms. The number of hydrogen-bond acceptors (Lipinski definition) is 2. The van der Waals surface area contributed by atoms with Crippen LogP contribution < -0.4 is 0 Å². The molecule has 1 fully saturated rings. The first-order chi connectivity index (χ1) is 7.70. The Morgan fingerprint density at radius 1 is 1.12 bits per heavy atom. The molecule has 0 aromatic heterocycles. The fourth-order valence-electron chi connectivity index (χ4n) is 3.34. The highest BCUT2D eigenvalue weighted by Crippen LogP contribution is 2.43. The predicted molar refractivity (Wildman–Crippen MR) is 73.8 cm³/mol. The van der Waals surface area contributed by atoms with E-state index in [4.69, 9.17) is 4.84 Å². The van der Waals surface area contributed by atoms with Gasteiger partial charge in [0.25, 0.3) is 0 Å². The van der Waals surface area contributed by atoms with Crippen LogP contribution in [-0.4, -0.2) is 22.7 Å². The molecule has 1 aliphatic heterocycles. The summed E-state index contributed by atoms with van der Waals surface area (Å²) in [6, 6.07) is 0. The average molecular weight is 241 g/mol. The van der Waals surface area contributed by atoms with Crippen molar-refractivity contribution in [3.05, 3.63) is 0 Å². The van der Waals surface area contributed by atoms with Gasteiger partial charge in [-0.15, -0.1) is 0 Å². The number of piperidine rings is 1. The van der Waals surface area contributed by atoms with Gasteiger partial charge in [-0.1, -0.05) is 20.8 Å². The zero-order valence-corrected chi connectivity index (χ0v) is 12.8. The van der Waals surface area contributed by atoms with Crippen molar-refractivity contribution in [3.8, 4) is 0 Å². The molecule has 0 amide bonds. The molecule has 1 saturated heterocycles. The number of hydrogen-bond donors (Lipinski definition) is 0. The van der Waals surface area contributed by atoms with Gasteiger partial charge in [0, 0.05) is 11.1 Å². The Kier molecular flexibility index (Phi) is 4.65. The van der Waals surface area contributed by atoms with E-state index >= 15 is 0 Å². The zero-order valence-electron chi connectivity index (χ0n) is 12.8. The van der Waals surface area contributed by atoms with Crippen LogP contribution in [-0.2, 0) is 4.84 Å². The maximum absolute atomic E-state index is 6.02. The van der Waals surface area contributed by atoms with Crippen LogP contribution in [0.25, 0.3) is 0 Å². The van der Waals surface area contributed by atoms with Crippen LogP contribution in [0.3, 0.4) is 0 Å². The van der Waals surface area contributed by atoms with E-state index in [-0.39, 0.29) is 11.1 Å². The third-order valence-corrected chi connectivity index (χ3v) is 3.99. The van der Waals surface area contributed by atoms with E-state index in [0.717, 1.165) is 24.9 Å². The third kappa shape index (κ3) is 3.45. The van der Waals surface area contributed by atoms with Crippen molar-refractivity contribution >= 4 is 0 Å². The Bertz CT molecular complexity index is 227. The molecule has 1 aliphatic rings. The smallest absolute Gasteiger partial charge is 0.0683 e. The summed E-state index contributed by atoms with van der Waals surface area (Å²) in [4.78, 5) is 6.02. The van der Waals surface area contributed by atoms with Crippen molar-refractivity contribution in [1.82, 2.24) is 5.06 Å². The molecule has 1 heterocycles. The summed E-state index contributed by atoms with van der Waals surface area (Å²) < 4.78 is 0. The van der Waals surface area contributed by atoms with Gasteiger partial charge in [0.2, 0.25) is 0 Å². The lowest BCUT2D eigenvalue weighted by Crippen LogP contribution is -2.60. The maximum atomic E-state index is 6.02. The van der Waals surface area contributed by atoms with Crippen molar-refractivity contribution in [1.29, 1.82) is 0 Å². The standard InChI is InChI=1S/C15H31NO/c1-8-9-17-16-14(4,5)10-13(12(2)3)11-15(16,6)7/h12-13H,8-11H2,1-7H3. The summed E-state index contributed by atoms with van der Waals surface area (Å²) in [5, 5.41) is 2.27. The number of hydroxylamine groups is 2. The molecule has 0 atom stereocenters. The van der Waals surface area contributed by atoms with E-state index in [2.05, 4.69) is 53.5 Å². The Labute approximate surface area is 108 Å². The van der Waals surface area contributed by atoms with Crippen LogP contribution in [0.5, 0.6) is 0 Å². The molecule has 0 N–H and O–H groups in total. The Morgan fingerprint density at radius 3 is 1.94 bits per heavy atom. The largest absolute Gasteiger partial charge is 0.298 e. The van der Waals surface area contributed by atoms with Gasteiger partial charge in [-0.25, -0.2) is 0 Å². The first-order valence-corrected chi connectivity index (χ1v) is 7.14. The van der Waals surface area contributed by atoms with E-state index in [1.807, 2.05) is 0 Å². The van der Waals surface area contributed by atoms with Gasteiger partial charge in [-0.2, -0.15) is 5.06 Å². The molecule has 0 aromatic rings. The van der Waals surface area contributed by atoms with E-state index in [9.17, 15) is 0 Å². The van der Waals surface area contributed by atoms with Crippen molar-refractivity contribution < 1.29 is 4.84 Å². The first kappa shape index (κ1) is 15.0. The summed E-state index contributed by atoms with van der Waals surface area (Å²) >= 11 is 0. The van der Waals surface area contributed by atoms with E-state index in [1.54, 1.807) is 0 Å². The average Bonchev–Trinajstić information content (AvgIpc) is 2.14. The maximum Gasteiger partial charge on any atom is 0.0683 e. The van der Waals surface area contributed by atoms with Gasteiger partial charge in [0.1, 0.15) is 0 Å². The minimum Gasteiger partial charge on any atom is -0.298 e. The zero-order chi connectivity index (χ0) is 13.3. The number of rotatable bonds is 4. The van der Waals surface area contributed by atoms with Gasteiger partial charge in [-0.3, -0.25) is 4.84 Å². The number of nitrogens with zero attached hydrogens (tertiary/aromatic N) is 1. The molecule has 0 bridgehead atoms. The van der Waals surface area contributed by atoms with Crippen molar-refractivity contribution in [3.63, 3.8) is 0 Å². The summed E-state index contributed by atoms with van der Waals surface area (Å²) in [5.41, 5.74) is 0.289. The molecule has 0 radical (unpaired) electrons. The summed E-state index contributed by atoms with van der Waals surface area (Å²) in [5.74, 6) is 1.57. The van der Waals surface area contributed by atoms with Crippen LogP contribution in [0.4, 0.5) is 0 Å². The first-order valence-electron chi connectivity index (χ1n) is 7.14. The molecule has 0 aromatic carbocycles. The molecule has 0 saturated carbocycles. The second-order valence-electron chi connectivity index (χ2n) is 7.16. The van der Waals surface area contributed by atoms with Gasteiger partial charge in [0.15, 0.2) is 0 Å². The van der Waals surface area contributed by atoms with Gasteiger partial charge >= 0.3 is 0 Å². The second kappa shape index (κ2) is 5.27. The van der Waals surface area contributed by atoms with Crippen LogP contribution >= 0.6 is 0 Å². The molecular formula is C15H31NO. The third-order valence-electron chi connectivity index (χ3n) is 3.99. The highest BCUT2D eigenvalue weighted by atomic mass is 16.7. The van der Waals surface area contributed by atoms with Crippen molar-refractivity contribution in [2.24, 2.45) is 11.8 Å². The van der Waals surface area contributed by atoms with Gasteiger partial charge in [0.05, 0.1) is 6.61 Å². The lowest BCUT2D eigenvalue weighted by Gasteiger charge is -2.54. The Hall–Kier alpha value is -0.0800. The normalized spacial score (nSPS) is 25.4. The van der Waals surface area contributed by atoms with E-state index in [0.29, 0.717) is 0 Å². The molecular weight excluding hydrogens is 210 g/mol. The highest BCUT2D eigenvalue weighted by molar-refractivity contribution is 4.97. The second-order valence-corrected chi connectivity index (χ2v) is 7.16. The van der Waals surface area contributed by atoms with Crippen LogP contribution in [0.15, 0.2) is 0 Å². The van der Waals surface area contributed by atoms with Crippen LogP contribution in [0.2, 0.25) is 0 Å². The van der Waals surface area contributed by atoms with Crippen molar-refractivity contribution in [2.75, 3.05) is 6.61 Å². The topological polar surface area (TPSA) is 12.5 Å². The van der Waals surface area contributed by atoms with Gasteiger partial charge in [-0.05, 0) is 58.8 Å². The lowest BCUT2D eigenvalue weighted by molar-refractivity contribution is -0.289. The molecule has 0 unspecified atom stereocenters. The molecule has 17 heavy (non-hydrogen) atoms. The summed E-state index contributed by atoms with van der Waals surface area (Å²) in [7, 11) is 0. The fourth-order valence-corrected chi connectivity index (χ4v) is 3.34. The predicted octanol–water partition coefficient (Wildman–Crippen LogP) is 4.25. The molecule has 1 rings (SSSR count). The van der Waals surface area contributed by atoms with Gasteiger partial charge < -0.3 is 0 Å². The van der Waals surface area contributed by atoms with Crippen molar-refractivity contribution in [2.45, 2.75) is 78.8 Å². The van der Waals surface area contributed by atoms with Crippen LogP contribution in [0, 0.1) is 11.8 Å². The van der Waals surface area contributed by atoms with E-state index < -0.39 is 0 Å². The minimum absolute atomic E-state index is 0.145. The quantitative estimate of drug-likeness (QED) is 0.729.